The minimum Gasteiger partial charge on any atom is -0.465 e. The predicted molar refractivity (Wildman–Crippen MR) is 119 cm³/mol. The number of ether oxygens (including phenoxy) is 1. The molecule has 2 N–H and O–H groups in total. The van der Waals surface area contributed by atoms with Crippen LogP contribution in [0.3, 0.4) is 0 Å². The Morgan fingerprint density at radius 1 is 1.07 bits per heavy atom. The molecule has 7 nitrogen and oxygen atoms in total. The summed E-state index contributed by atoms with van der Waals surface area (Å²) in [5, 5.41) is 0. The molecule has 0 spiro atoms. The van der Waals surface area contributed by atoms with Gasteiger partial charge in [-0.15, -0.1) is 0 Å². The Kier molecular flexibility index (Phi) is 6.11. The number of anilines is 1. The number of imidazole rings is 1. The summed E-state index contributed by atoms with van der Waals surface area (Å²) in [6.45, 7) is 7.97. The van der Waals surface area contributed by atoms with Crippen LogP contribution < -0.4 is 5.73 Å². The van der Waals surface area contributed by atoms with Gasteiger partial charge in [0.25, 0.3) is 0 Å². The van der Waals surface area contributed by atoms with E-state index in [2.05, 4.69) is 4.98 Å². The lowest BCUT2D eigenvalue weighted by molar-refractivity contribution is 0.0600. The molecule has 7 heteroatoms. The molecule has 0 aliphatic carbocycles. The van der Waals surface area contributed by atoms with E-state index in [4.69, 9.17) is 20.4 Å². The van der Waals surface area contributed by atoms with Crippen molar-refractivity contribution in [2.45, 2.75) is 27.7 Å². The van der Waals surface area contributed by atoms with Gasteiger partial charge in [-0.2, -0.15) is 0 Å². The molecule has 154 valence electrons. The highest BCUT2D eigenvalue weighted by atomic mass is 16.5. The molecule has 0 bridgehead atoms. The van der Waals surface area contributed by atoms with E-state index < -0.39 is 0 Å². The first-order valence-corrected chi connectivity index (χ1v) is 9.76. The van der Waals surface area contributed by atoms with Crippen molar-refractivity contribution in [3.63, 3.8) is 0 Å². The van der Waals surface area contributed by atoms with E-state index >= 15 is 0 Å². The molecule has 30 heavy (non-hydrogen) atoms. The zero-order chi connectivity index (χ0) is 21.8. The number of fused-ring (bicyclic) bond motifs is 1. The van der Waals surface area contributed by atoms with Crippen LogP contribution in [0.1, 0.15) is 35.5 Å². The molecule has 0 radical (unpaired) electrons. The Morgan fingerprint density at radius 2 is 1.77 bits per heavy atom. The number of hydrogen-bond acceptors (Lipinski definition) is 6. The summed E-state index contributed by atoms with van der Waals surface area (Å²) in [7, 11) is 1.36. The van der Waals surface area contributed by atoms with Gasteiger partial charge in [-0.3, -0.25) is 4.57 Å². The maximum atomic E-state index is 11.8. The second-order valence-corrected chi connectivity index (χ2v) is 6.48. The SMILES string of the molecule is CC.COC(=O)c1ccc(-n2c(-c3cccnc3N)nc3cc(C)c(C)nc32)cc1. The highest BCUT2D eigenvalue weighted by molar-refractivity contribution is 5.90. The lowest BCUT2D eigenvalue weighted by atomic mass is 10.2. The molecule has 0 aliphatic heterocycles. The molecule has 0 saturated carbocycles. The second kappa shape index (κ2) is 8.73. The standard InChI is InChI=1S/C21H19N5O2.C2H6/c1-12-11-17-20(24-13(12)2)26(15-8-6-14(7-9-15)21(27)28-3)19(25-17)16-5-4-10-23-18(16)22;1-2/h4-11H,1-3H3,(H2,22,23);1-2H3. The van der Waals surface area contributed by atoms with Gasteiger partial charge in [0.15, 0.2) is 11.5 Å². The van der Waals surface area contributed by atoms with Crippen molar-refractivity contribution < 1.29 is 9.53 Å². The molecule has 3 aromatic heterocycles. The number of carbonyl (C=O) groups excluding carboxylic acids is 1. The number of esters is 1. The first-order valence-electron chi connectivity index (χ1n) is 9.76. The summed E-state index contributed by atoms with van der Waals surface area (Å²) < 4.78 is 6.71. The van der Waals surface area contributed by atoms with E-state index in [0.717, 1.165) is 22.5 Å². The van der Waals surface area contributed by atoms with Gasteiger partial charge in [-0.1, -0.05) is 13.8 Å². The average molecular weight is 403 g/mol. The van der Waals surface area contributed by atoms with Gasteiger partial charge in [-0.05, 0) is 61.9 Å². The maximum Gasteiger partial charge on any atom is 0.337 e. The highest BCUT2D eigenvalue weighted by Crippen LogP contribution is 2.31. The third-order valence-corrected chi connectivity index (χ3v) is 4.70. The van der Waals surface area contributed by atoms with Crippen molar-refractivity contribution in [2.75, 3.05) is 12.8 Å². The molecule has 0 unspecified atom stereocenters. The molecule has 0 aliphatic rings. The number of methoxy groups -OCH3 is 1. The van der Waals surface area contributed by atoms with E-state index in [1.807, 2.05) is 62.6 Å². The predicted octanol–water partition coefficient (Wildman–Crippen LogP) is 4.49. The molecule has 0 saturated heterocycles. The number of nitrogens with zero attached hydrogens (tertiary/aromatic N) is 4. The van der Waals surface area contributed by atoms with Crippen molar-refractivity contribution in [1.82, 2.24) is 19.5 Å². The van der Waals surface area contributed by atoms with Gasteiger partial charge in [0.1, 0.15) is 11.3 Å². The minimum atomic E-state index is -0.386. The van der Waals surface area contributed by atoms with Crippen molar-refractivity contribution >= 4 is 23.0 Å². The monoisotopic (exact) mass is 403 g/mol. The van der Waals surface area contributed by atoms with Crippen molar-refractivity contribution in [3.8, 4) is 17.1 Å². The Labute approximate surface area is 175 Å². The number of pyridine rings is 2. The summed E-state index contributed by atoms with van der Waals surface area (Å²) in [6, 6.07) is 12.8. The second-order valence-electron chi connectivity index (χ2n) is 6.48. The third-order valence-electron chi connectivity index (χ3n) is 4.70. The van der Waals surface area contributed by atoms with Crippen LogP contribution in [0.15, 0.2) is 48.7 Å². The van der Waals surface area contributed by atoms with Crippen LogP contribution in [-0.2, 0) is 4.74 Å². The first kappa shape index (κ1) is 21.0. The molecule has 4 aromatic rings. The number of nitrogens with two attached hydrogens (primary N) is 1. The quantitative estimate of drug-likeness (QED) is 0.506. The zero-order valence-electron chi connectivity index (χ0n) is 17.8. The fourth-order valence-electron chi connectivity index (χ4n) is 3.09. The summed E-state index contributed by atoms with van der Waals surface area (Å²) >= 11 is 0. The van der Waals surface area contributed by atoms with Crippen molar-refractivity contribution in [3.05, 3.63) is 65.5 Å². The van der Waals surface area contributed by atoms with Crippen LogP contribution in [0.4, 0.5) is 5.82 Å². The number of carbonyl (C=O) groups is 1. The van der Waals surface area contributed by atoms with Crippen molar-refractivity contribution in [2.24, 2.45) is 0 Å². The topological polar surface area (TPSA) is 95.9 Å². The number of hydrogen-bond donors (Lipinski definition) is 1. The smallest absolute Gasteiger partial charge is 0.337 e. The number of aryl methyl sites for hydroxylation is 2. The summed E-state index contributed by atoms with van der Waals surface area (Å²) in [4.78, 5) is 25.5. The van der Waals surface area contributed by atoms with Gasteiger partial charge in [0, 0.05) is 17.6 Å². The Morgan fingerprint density at radius 3 is 2.40 bits per heavy atom. The van der Waals surface area contributed by atoms with Crippen LogP contribution >= 0.6 is 0 Å². The van der Waals surface area contributed by atoms with Gasteiger partial charge in [0.2, 0.25) is 0 Å². The summed E-state index contributed by atoms with van der Waals surface area (Å²) in [6.07, 6.45) is 1.64. The molecule has 0 amide bonds. The lowest BCUT2D eigenvalue weighted by Gasteiger charge is -2.11. The zero-order valence-corrected chi connectivity index (χ0v) is 17.8. The van der Waals surface area contributed by atoms with Crippen LogP contribution in [-0.4, -0.2) is 32.6 Å². The molecule has 0 fully saturated rings. The molecule has 4 rings (SSSR count). The minimum absolute atomic E-state index is 0.386. The van der Waals surface area contributed by atoms with Gasteiger partial charge in [0.05, 0.1) is 18.2 Å². The fraction of sp³-hybridized carbons (Fsp3) is 0.217. The number of rotatable bonds is 3. The largest absolute Gasteiger partial charge is 0.465 e. The van der Waals surface area contributed by atoms with Crippen molar-refractivity contribution in [1.29, 1.82) is 0 Å². The highest BCUT2D eigenvalue weighted by Gasteiger charge is 2.19. The van der Waals surface area contributed by atoms with E-state index in [0.29, 0.717) is 28.4 Å². The van der Waals surface area contributed by atoms with Gasteiger partial charge >= 0.3 is 5.97 Å². The maximum absolute atomic E-state index is 11.8. The fourth-order valence-corrected chi connectivity index (χ4v) is 3.09. The van der Waals surface area contributed by atoms with E-state index in [-0.39, 0.29) is 5.97 Å². The Bertz CT molecular complexity index is 1200. The first-order chi connectivity index (χ1) is 14.5. The number of aromatic nitrogens is 4. The van der Waals surface area contributed by atoms with E-state index in [9.17, 15) is 4.79 Å². The van der Waals surface area contributed by atoms with Gasteiger partial charge < -0.3 is 10.5 Å². The molecular weight excluding hydrogens is 378 g/mol. The Hall–Kier alpha value is -3.74. The summed E-state index contributed by atoms with van der Waals surface area (Å²) in [5.74, 6) is 0.644. The van der Waals surface area contributed by atoms with Crippen LogP contribution in [0.2, 0.25) is 0 Å². The van der Waals surface area contributed by atoms with E-state index in [1.54, 1.807) is 18.3 Å². The van der Waals surface area contributed by atoms with Crippen LogP contribution in [0, 0.1) is 13.8 Å². The Balaban J connectivity index is 0.00000124. The molecule has 1 aromatic carbocycles. The summed E-state index contributed by atoms with van der Waals surface area (Å²) in [5.41, 5.74) is 11.6. The van der Waals surface area contributed by atoms with E-state index in [1.165, 1.54) is 7.11 Å². The number of benzene rings is 1. The average Bonchev–Trinajstić information content (AvgIpc) is 3.13. The molecule has 3 heterocycles. The lowest BCUT2D eigenvalue weighted by Crippen LogP contribution is -2.04. The molecule has 0 atom stereocenters. The third kappa shape index (κ3) is 3.74. The normalized spacial score (nSPS) is 10.4. The van der Waals surface area contributed by atoms with Gasteiger partial charge in [-0.25, -0.2) is 19.7 Å². The van der Waals surface area contributed by atoms with Crippen LogP contribution in [0.25, 0.3) is 28.2 Å². The molecular formula is C23H25N5O2. The van der Waals surface area contributed by atoms with Crippen LogP contribution in [0.5, 0.6) is 0 Å². The number of nitrogen functional groups attached to an aromatic ring is 1.